The third kappa shape index (κ3) is 2.95. The van der Waals surface area contributed by atoms with Crippen molar-refractivity contribution in [2.75, 3.05) is 12.4 Å². The standard InChI is InChI=1S/C11H16ClNOS/c1-8(2)13(5-4-12)11(14)10-7-15-6-9(10)3/h6-8H,4-5H2,1-3H3. The molecule has 0 aliphatic carbocycles. The zero-order valence-corrected chi connectivity index (χ0v) is 10.9. The molecule has 0 radical (unpaired) electrons. The van der Waals surface area contributed by atoms with Crippen LogP contribution in [0.2, 0.25) is 0 Å². The van der Waals surface area contributed by atoms with E-state index < -0.39 is 0 Å². The lowest BCUT2D eigenvalue weighted by Gasteiger charge is -2.25. The van der Waals surface area contributed by atoms with Gasteiger partial charge >= 0.3 is 0 Å². The van der Waals surface area contributed by atoms with Crippen molar-refractivity contribution in [3.05, 3.63) is 21.9 Å². The van der Waals surface area contributed by atoms with E-state index in [9.17, 15) is 4.79 Å². The molecule has 1 rings (SSSR count). The molecule has 84 valence electrons. The van der Waals surface area contributed by atoms with Gasteiger partial charge in [-0.05, 0) is 31.7 Å². The molecule has 1 aromatic rings. The first kappa shape index (κ1) is 12.5. The average Bonchev–Trinajstić information content (AvgIpc) is 2.59. The molecule has 0 bridgehead atoms. The number of aryl methyl sites for hydroxylation is 1. The number of amides is 1. The number of rotatable bonds is 4. The van der Waals surface area contributed by atoms with Crippen molar-refractivity contribution in [1.82, 2.24) is 4.90 Å². The molecule has 0 aliphatic heterocycles. The molecule has 0 N–H and O–H groups in total. The molecule has 0 spiro atoms. The second kappa shape index (κ2) is 5.52. The van der Waals surface area contributed by atoms with E-state index in [4.69, 9.17) is 11.6 Å². The number of nitrogens with zero attached hydrogens (tertiary/aromatic N) is 1. The van der Waals surface area contributed by atoms with Crippen molar-refractivity contribution in [3.63, 3.8) is 0 Å². The zero-order valence-electron chi connectivity index (χ0n) is 9.29. The number of thiophene rings is 1. The van der Waals surface area contributed by atoms with Crippen molar-refractivity contribution < 1.29 is 4.79 Å². The molecule has 0 aromatic carbocycles. The summed E-state index contributed by atoms with van der Waals surface area (Å²) in [5, 5.41) is 3.90. The first-order valence-electron chi connectivity index (χ1n) is 4.97. The highest BCUT2D eigenvalue weighted by Crippen LogP contribution is 2.17. The van der Waals surface area contributed by atoms with Crippen molar-refractivity contribution in [2.24, 2.45) is 0 Å². The Balaban J connectivity index is 2.86. The maximum absolute atomic E-state index is 12.1. The highest BCUT2D eigenvalue weighted by Gasteiger charge is 2.19. The highest BCUT2D eigenvalue weighted by atomic mass is 35.5. The van der Waals surface area contributed by atoms with Crippen LogP contribution < -0.4 is 0 Å². The van der Waals surface area contributed by atoms with Gasteiger partial charge in [0.1, 0.15) is 0 Å². The summed E-state index contributed by atoms with van der Waals surface area (Å²) in [5.74, 6) is 0.567. The van der Waals surface area contributed by atoms with Crippen LogP contribution in [0.1, 0.15) is 29.8 Å². The Morgan fingerprint density at radius 3 is 2.60 bits per heavy atom. The number of alkyl halides is 1. The van der Waals surface area contributed by atoms with Gasteiger partial charge in [0.05, 0.1) is 5.56 Å². The monoisotopic (exact) mass is 245 g/mol. The van der Waals surface area contributed by atoms with E-state index in [0.717, 1.165) is 11.1 Å². The number of hydrogen-bond donors (Lipinski definition) is 0. The molecule has 0 saturated carbocycles. The molecule has 0 fully saturated rings. The Bertz CT molecular complexity index is 335. The van der Waals surface area contributed by atoms with E-state index in [2.05, 4.69) is 0 Å². The van der Waals surface area contributed by atoms with E-state index in [0.29, 0.717) is 12.4 Å². The normalized spacial score (nSPS) is 10.7. The Morgan fingerprint density at radius 2 is 2.20 bits per heavy atom. The summed E-state index contributed by atoms with van der Waals surface area (Å²) in [6.07, 6.45) is 0. The summed E-state index contributed by atoms with van der Waals surface area (Å²) in [7, 11) is 0. The van der Waals surface area contributed by atoms with Gasteiger partial charge in [0, 0.05) is 23.8 Å². The molecular formula is C11H16ClNOS. The molecule has 15 heavy (non-hydrogen) atoms. The van der Waals surface area contributed by atoms with Crippen LogP contribution in [-0.2, 0) is 0 Å². The predicted molar refractivity (Wildman–Crippen MR) is 65.9 cm³/mol. The summed E-state index contributed by atoms with van der Waals surface area (Å²) in [4.78, 5) is 13.9. The van der Waals surface area contributed by atoms with Crippen LogP contribution in [0.5, 0.6) is 0 Å². The molecule has 1 aromatic heterocycles. The third-order valence-corrected chi connectivity index (χ3v) is 3.33. The second-order valence-corrected chi connectivity index (χ2v) is 4.87. The van der Waals surface area contributed by atoms with Gasteiger partial charge in [-0.1, -0.05) is 0 Å². The fourth-order valence-electron chi connectivity index (χ4n) is 1.42. The summed E-state index contributed by atoms with van der Waals surface area (Å²) in [6, 6.07) is 0.190. The van der Waals surface area contributed by atoms with Gasteiger partial charge in [-0.2, -0.15) is 11.3 Å². The lowest BCUT2D eigenvalue weighted by Crippen LogP contribution is -2.38. The molecule has 0 unspecified atom stereocenters. The van der Waals surface area contributed by atoms with Gasteiger partial charge in [0.15, 0.2) is 0 Å². The van der Waals surface area contributed by atoms with Crippen molar-refractivity contribution in [3.8, 4) is 0 Å². The Kier molecular flexibility index (Phi) is 4.61. The Labute approximate surface area is 99.9 Å². The number of hydrogen-bond acceptors (Lipinski definition) is 2. The van der Waals surface area contributed by atoms with Crippen LogP contribution in [0, 0.1) is 6.92 Å². The van der Waals surface area contributed by atoms with E-state index in [1.54, 1.807) is 11.3 Å². The minimum atomic E-state index is 0.0874. The fourth-order valence-corrected chi connectivity index (χ4v) is 2.42. The average molecular weight is 246 g/mol. The van der Waals surface area contributed by atoms with E-state index in [1.807, 2.05) is 36.4 Å². The van der Waals surface area contributed by atoms with Gasteiger partial charge < -0.3 is 4.90 Å². The Morgan fingerprint density at radius 1 is 1.53 bits per heavy atom. The topological polar surface area (TPSA) is 20.3 Å². The SMILES string of the molecule is Cc1cscc1C(=O)N(CCCl)C(C)C. The van der Waals surface area contributed by atoms with Crippen molar-refractivity contribution >= 4 is 28.8 Å². The molecule has 0 saturated heterocycles. The van der Waals surface area contributed by atoms with Crippen LogP contribution in [0.25, 0.3) is 0 Å². The Hall–Kier alpha value is -0.540. The van der Waals surface area contributed by atoms with E-state index >= 15 is 0 Å². The molecule has 0 aliphatic rings. The maximum atomic E-state index is 12.1. The highest BCUT2D eigenvalue weighted by molar-refractivity contribution is 7.08. The number of halogens is 1. The quantitative estimate of drug-likeness (QED) is 0.747. The van der Waals surface area contributed by atoms with Crippen LogP contribution >= 0.6 is 22.9 Å². The second-order valence-electron chi connectivity index (χ2n) is 3.75. The van der Waals surface area contributed by atoms with Crippen LogP contribution in [-0.4, -0.2) is 29.3 Å². The van der Waals surface area contributed by atoms with Gasteiger partial charge in [0.25, 0.3) is 5.91 Å². The van der Waals surface area contributed by atoms with Crippen molar-refractivity contribution in [2.45, 2.75) is 26.8 Å². The van der Waals surface area contributed by atoms with Gasteiger partial charge in [0.2, 0.25) is 0 Å². The molecule has 2 nitrogen and oxygen atoms in total. The molecule has 1 heterocycles. The van der Waals surface area contributed by atoms with Crippen LogP contribution in [0.4, 0.5) is 0 Å². The number of carbonyl (C=O) groups excluding carboxylic acids is 1. The molecule has 1 amide bonds. The lowest BCUT2D eigenvalue weighted by molar-refractivity contribution is 0.0718. The number of carbonyl (C=O) groups is 1. The lowest BCUT2D eigenvalue weighted by atomic mass is 10.2. The summed E-state index contributed by atoms with van der Waals surface area (Å²) in [6.45, 7) is 6.58. The van der Waals surface area contributed by atoms with Crippen LogP contribution in [0.3, 0.4) is 0 Å². The van der Waals surface area contributed by atoms with E-state index in [1.165, 1.54) is 0 Å². The fraction of sp³-hybridized carbons (Fsp3) is 0.545. The van der Waals surface area contributed by atoms with Gasteiger partial charge in [-0.3, -0.25) is 4.79 Å². The smallest absolute Gasteiger partial charge is 0.255 e. The largest absolute Gasteiger partial charge is 0.335 e. The predicted octanol–water partition coefficient (Wildman–Crippen LogP) is 3.15. The summed E-state index contributed by atoms with van der Waals surface area (Å²) in [5.41, 5.74) is 1.85. The molecule has 4 heteroatoms. The first-order valence-corrected chi connectivity index (χ1v) is 6.45. The van der Waals surface area contributed by atoms with Crippen molar-refractivity contribution in [1.29, 1.82) is 0 Å². The maximum Gasteiger partial charge on any atom is 0.255 e. The van der Waals surface area contributed by atoms with Gasteiger partial charge in [-0.15, -0.1) is 11.6 Å². The minimum absolute atomic E-state index is 0.0874. The van der Waals surface area contributed by atoms with E-state index in [-0.39, 0.29) is 11.9 Å². The summed E-state index contributed by atoms with van der Waals surface area (Å²) >= 11 is 7.26. The first-order chi connectivity index (χ1) is 7.07. The summed E-state index contributed by atoms with van der Waals surface area (Å²) < 4.78 is 0. The zero-order chi connectivity index (χ0) is 11.4. The third-order valence-electron chi connectivity index (χ3n) is 2.30. The van der Waals surface area contributed by atoms with Crippen LogP contribution in [0.15, 0.2) is 10.8 Å². The van der Waals surface area contributed by atoms with Gasteiger partial charge in [-0.25, -0.2) is 0 Å². The molecular weight excluding hydrogens is 230 g/mol. The molecule has 0 atom stereocenters. The minimum Gasteiger partial charge on any atom is -0.335 e.